The molecule has 3 aromatic carbocycles. The van der Waals surface area contributed by atoms with E-state index in [4.69, 9.17) is 9.47 Å². The minimum Gasteiger partial charge on any atom is -0.465 e. The van der Waals surface area contributed by atoms with E-state index in [0.717, 1.165) is 0 Å². The molecule has 0 bridgehead atoms. The molecule has 3 rings (SSSR count). The van der Waals surface area contributed by atoms with Gasteiger partial charge in [-0.05, 0) is 36.4 Å². The number of methoxy groups -OCH3 is 2. The van der Waals surface area contributed by atoms with Gasteiger partial charge in [-0.1, -0.05) is 24.3 Å². The zero-order valence-electron chi connectivity index (χ0n) is 17.3. The number of rotatable bonds is 6. The van der Waals surface area contributed by atoms with Crippen molar-refractivity contribution in [3.05, 3.63) is 82.9 Å². The number of esters is 2. The molecule has 0 saturated carbocycles. The van der Waals surface area contributed by atoms with E-state index in [1.807, 2.05) is 0 Å². The molecule has 32 heavy (non-hydrogen) atoms. The molecule has 0 amide bonds. The lowest BCUT2D eigenvalue weighted by Crippen LogP contribution is -2.12. The van der Waals surface area contributed by atoms with E-state index in [-0.39, 0.29) is 22.5 Å². The third-order valence-corrected chi connectivity index (χ3v) is 4.60. The number of benzene rings is 3. The normalized spacial score (nSPS) is 9.75. The summed E-state index contributed by atoms with van der Waals surface area (Å²) in [7, 11) is 2.48. The second-order valence-corrected chi connectivity index (χ2v) is 6.49. The Bertz CT molecular complexity index is 1170. The molecule has 0 saturated heterocycles. The van der Waals surface area contributed by atoms with Gasteiger partial charge in [0.25, 0.3) is 0 Å². The molecule has 0 aliphatic heterocycles. The Labute approximate surface area is 184 Å². The zero-order chi connectivity index (χ0) is 23.1. The SMILES string of the molecule is COC(=O)c1cc(Nc2ccccc2C#N)c(C(=O)OC)cc1Nc1ccccc1C#N. The van der Waals surface area contributed by atoms with Crippen LogP contribution in [0, 0.1) is 22.7 Å². The standard InChI is InChI=1S/C24H18N4O4/c1-31-23(29)17-11-22(28-20-10-6-4-8-16(20)14-26)18(24(30)32-2)12-21(17)27-19-9-5-3-7-15(19)13-25/h3-12,27-28H,1-2H3. The number of nitrogens with one attached hydrogen (secondary N) is 2. The number of carbonyl (C=O) groups is 2. The largest absolute Gasteiger partial charge is 0.465 e. The third kappa shape index (κ3) is 4.50. The second-order valence-electron chi connectivity index (χ2n) is 6.49. The smallest absolute Gasteiger partial charge is 0.340 e. The highest BCUT2D eigenvalue weighted by atomic mass is 16.5. The number of anilines is 4. The first-order valence-corrected chi connectivity index (χ1v) is 9.39. The van der Waals surface area contributed by atoms with E-state index in [0.29, 0.717) is 22.5 Å². The van der Waals surface area contributed by atoms with Crippen molar-refractivity contribution in [3.8, 4) is 12.1 Å². The molecule has 0 aromatic heterocycles. The van der Waals surface area contributed by atoms with Crippen LogP contribution in [0.15, 0.2) is 60.7 Å². The highest BCUT2D eigenvalue weighted by molar-refractivity contribution is 6.04. The Morgan fingerprint density at radius 2 is 1.06 bits per heavy atom. The molecule has 0 radical (unpaired) electrons. The fourth-order valence-corrected chi connectivity index (χ4v) is 3.03. The van der Waals surface area contributed by atoms with Gasteiger partial charge in [0.1, 0.15) is 12.1 Å². The van der Waals surface area contributed by atoms with Crippen LogP contribution in [0.3, 0.4) is 0 Å². The third-order valence-electron chi connectivity index (χ3n) is 4.60. The van der Waals surface area contributed by atoms with Gasteiger partial charge in [-0.3, -0.25) is 0 Å². The number of para-hydroxylation sites is 2. The van der Waals surface area contributed by atoms with Crippen LogP contribution < -0.4 is 10.6 Å². The maximum Gasteiger partial charge on any atom is 0.340 e. The fourth-order valence-electron chi connectivity index (χ4n) is 3.03. The van der Waals surface area contributed by atoms with Gasteiger partial charge in [0.05, 0.1) is 59.2 Å². The summed E-state index contributed by atoms with van der Waals surface area (Å²) in [5, 5.41) is 24.8. The van der Waals surface area contributed by atoms with Crippen molar-refractivity contribution in [1.82, 2.24) is 0 Å². The molecule has 0 heterocycles. The van der Waals surface area contributed by atoms with Crippen molar-refractivity contribution >= 4 is 34.7 Å². The van der Waals surface area contributed by atoms with Crippen LogP contribution in [0.5, 0.6) is 0 Å². The summed E-state index contributed by atoms with van der Waals surface area (Å²) in [6.45, 7) is 0. The molecule has 0 aliphatic carbocycles. The quantitative estimate of drug-likeness (QED) is 0.553. The van der Waals surface area contributed by atoms with Crippen molar-refractivity contribution in [3.63, 3.8) is 0 Å². The van der Waals surface area contributed by atoms with Gasteiger partial charge < -0.3 is 20.1 Å². The van der Waals surface area contributed by atoms with Gasteiger partial charge in [0.15, 0.2) is 0 Å². The lowest BCUT2D eigenvalue weighted by molar-refractivity contribution is 0.0588. The molecule has 0 aliphatic rings. The molecule has 8 heteroatoms. The summed E-state index contributed by atoms with van der Waals surface area (Å²) >= 11 is 0. The van der Waals surface area contributed by atoms with Crippen LogP contribution in [0.2, 0.25) is 0 Å². The summed E-state index contributed by atoms with van der Waals surface area (Å²) in [5.41, 5.74) is 2.34. The van der Waals surface area contributed by atoms with Crippen molar-refractivity contribution in [2.45, 2.75) is 0 Å². The number of hydrogen-bond acceptors (Lipinski definition) is 8. The van der Waals surface area contributed by atoms with E-state index in [9.17, 15) is 20.1 Å². The summed E-state index contributed by atoms with van der Waals surface area (Å²) in [6.07, 6.45) is 0. The van der Waals surface area contributed by atoms with Crippen LogP contribution in [-0.4, -0.2) is 26.2 Å². The van der Waals surface area contributed by atoms with Crippen LogP contribution in [0.4, 0.5) is 22.7 Å². The summed E-state index contributed by atoms with van der Waals surface area (Å²) in [6, 6.07) is 20.5. The fraction of sp³-hybridized carbons (Fsp3) is 0.0833. The van der Waals surface area contributed by atoms with Crippen molar-refractivity contribution in [2.24, 2.45) is 0 Å². The minimum atomic E-state index is -0.657. The molecule has 0 unspecified atom stereocenters. The molecular weight excluding hydrogens is 408 g/mol. The molecule has 0 fully saturated rings. The van der Waals surface area contributed by atoms with E-state index >= 15 is 0 Å². The number of nitrogens with zero attached hydrogens (tertiary/aromatic N) is 2. The molecule has 0 atom stereocenters. The summed E-state index contributed by atoms with van der Waals surface area (Å²) in [4.78, 5) is 25.1. The molecule has 2 N–H and O–H groups in total. The maximum absolute atomic E-state index is 12.5. The van der Waals surface area contributed by atoms with E-state index in [1.54, 1.807) is 48.5 Å². The topological polar surface area (TPSA) is 124 Å². The van der Waals surface area contributed by atoms with Crippen molar-refractivity contribution < 1.29 is 19.1 Å². The first kappa shape index (κ1) is 21.9. The molecule has 158 valence electrons. The first-order chi connectivity index (χ1) is 15.5. The number of ether oxygens (including phenoxy) is 2. The highest BCUT2D eigenvalue weighted by Gasteiger charge is 2.22. The predicted octanol–water partition coefficient (Wildman–Crippen LogP) is 4.49. The summed E-state index contributed by atoms with van der Waals surface area (Å²) < 4.78 is 9.82. The van der Waals surface area contributed by atoms with Crippen LogP contribution in [-0.2, 0) is 9.47 Å². The van der Waals surface area contributed by atoms with Gasteiger partial charge in [-0.25, -0.2) is 9.59 Å². The van der Waals surface area contributed by atoms with E-state index in [1.165, 1.54) is 26.4 Å². The van der Waals surface area contributed by atoms with Crippen molar-refractivity contribution in [1.29, 1.82) is 10.5 Å². The van der Waals surface area contributed by atoms with Gasteiger partial charge >= 0.3 is 11.9 Å². The van der Waals surface area contributed by atoms with Crippen LogP contribution >= 0.6 is 0 Å². The monoisotopic (exact) mass is 426 g/mol. The Morgan fingerprint density at radius 3 is 1.41 bits per heavy atom. The number of hydrogen-bond donors (Lipinski definition) is 2. The van der Waals surface area contributed by atoms with Gasteiger partial charge in [-0.2, -0.15) is 10.5 Å². The second kappa shape index (κ2) is 9.79. The lowest BCUT2D eigenvalue weighted by atomic mass is 10.0. The lowest BCUT2D eigenvalue weighted by Gasteiger charge is -2.18. The first-order valence-electron chi connectivity index (χ1n) is 9.39. The average molecular weight is 426 g/mol. The minimum absolute atomic E-state index is 0.116. The van der Waals surface area contributed by atoms with Gasteiger partial charge in [-0.15, -0.1) is 0 Å². The Morgan fingerprint density at radius 1 is 0.688 bits per heavy atom. The Kier molecular flexibility index (Phi) is 6.69. The maximum atomic E-state index is 12.5. The molecule has 8 nitrogen and oxygen atoms in total. The zero-order valence-corrected chi connectivity index (χ0v) is 17.3. The summed E-state index contributed by atoms with van der Waals surface area (Å²) in [5.74, 6) is -1.31. The van der Waals surface area contributed by atoms with Crippen LogP contribution in [0.1, 0.15) is 31.8 Å². The molecular formula is C24H18N4O4. The average Bonchev–Trinajstić information content (AvgIpc) is 2.84. The Balaban J connectivity index is 2.18. The highest BCUT2D eigenvalue weighted by Crippen LogP contribution is 2.32. The van der Waals surface area contributed by atoms with Gasteiger partial charge in [0.2, 0.25) is 0 Å². The molecule has 0 spiro atoms. The van der Waals surface area contributed by atoms with Crippen molar-refractivity contribution in [2.75, 3.05) is 24.9 Å². The predicted molar refractivity (Wildman–Crippen MR) is 118 cm³/mol. The molecule has 3 aromatic rings. The van der Waals surface area contributed by atoms with E-state index in [2.05, 4.69) is 22.8 Å². The number of carbonyl (C=O) groups excluding carboxylic acids is 2. The van der Waals surface area contributed by atoms with E-state index < -0.39 is 11.9 Å². The van der Waals surface area contributed by atoms with Crippen LogP contribution in [0.25, 0.3) is 0 Å². The Hall–Kier alpha value is -4.82. The number of nitriles is 2. The van der Waals surface area contributed by atoms with Gasteiger partial charge in [0, 0.05) is 0 Å².